The fourth-order valence-electron chi connectivity index (χ4n) is 1.54. The summed E-state index contributed by atoms with van der Waals surface area (Å²) in [5.74, 6) is 0.817. The number of halogens is 2. The van der Waals surface area contributed by atoms with Crippen LogP contribution in [0.3, 0.4) is 0 Å². The number of hydrogen-bond donors (Lipinski definition) is 0. The van der Waals surface area contributed by atoms with E-state index >= 15 is 0 Å². The van der Waals surface area contributed by atoms with E-state index in [1.165, 1.54) is 0 Å². The van der Waals surface area contributed by atoms with Crippen LogP contribution in [0.15, 0.2) is 0 Å². The highest BCUT2D eigenvalue weighted by Gasteiger charge is 2.17. The molecule has 2 nitrogen and oxygen atoms in total. The molecule has 4 heteroatoms. The topological polar surface area (TPSA) is 17.8 Å². The van der Waals surface area contributed by atoms with Crippen LogP contribution < -0.4 is 0 Å². The largest absolute Gasteiger partial charge is 0.253 e. The number of aromatic nitrogens is 2. The lowest BCUT2D eigenvalue weighted by Crippen LogP contribution is -2.01. The second kappa shape index (κ2) is 5.76. The molecule has 0 spiro atoms. The molecule has 0 radical (unpaired) electrons. The van der Waals surface area contributed by atoms with Crippen LogP contribution in [0.5, 0.6) is 0 Å². The minimum atomic E-state index is 0.374. The van der Waals surface area contributed by atoms with E-state index in [1.54, 1.807) is 0 Å². The van der Waals surface area contributed by atoms with Gasteiger partial charge in [0.25, 0.3) is 0 Å². The Labute approximate surface area is 102 Å². The first-order valence-corrected chi connectivity index (χ1v) is 6.34. The smallest absolute Gasteiger partial charge is 0.131 e. The summed E-state index contributed by atoms with van der Waals surface area (Å²) in [7, 11) is 0. The Morgan fingerprint density at radius 3 is 2.47 bits per heavy atom. The molecule has 0 aliphatic carbocycles. The van der Waals surface area contributed by atoms with Crippen molar-refractivity contribution in [2.24, 2.45) is 0 Å². The van der Waals surface area contributed by atoms with Crippen molar-refractivity contribution in [3.05, 3.63) is 16.4 Å². The third kappa shape index (κ3) is 2.88. The maximum Gasteiger partial charge on any atom is 0.131 e. The first-order chi connectivity index (χ1) is 7.11. The average molecular weight is 249 g/mol. The molecule has 86 valence electrons. The summed E-state index contributed by atoms with van der Waals surface area (Å²) in [6.07, 6.45) is 2.24. The van der Waals surface area contributed by atoms with Gasteiger partial charge in [-0.1, -0.05) is 38.8 Å². The van der Waals surface area contributed by atoms with Gasteiger partial charge in [-0.2, -0.15) is 5.10 Å². The molecule has 0 atom stereocenters. The second-order valence-corrected chi connectivity index (χ2v) is 4.64. The van der Waals surface area contributed by atoms with Crippen molar-refractivity contribution in [2.45, 2.75) is 52.0 Å². The fourth-order valence-corrected chi connectivity index (χ4v) is 2.16. The minimum absolute atomic E-state index is 0.374. The number of rotatable bonds is 5. The number of aryl methyl sites for hydroxylation is 1. The Bertz CT molecular complexity index is 319. The standard InChI is InChI=1S/C11H18Cl2N2/c1-4-5-6-15-11(13)9(7-12)10(14-15)8(2)3/h8H,4-7H2,1-3H3. The van der Waals surface area contributed by atoms with Crippen molar-refractivity contribution in [3.8, 4) is 0 Å². The highest BCUT2D eigenvalue weighted by molar-refractivity contribution is 6.31. The van der Waals surface area contributed by atoms with Crippen LogP contribution in [0.4, 0.5) is 0 Å². The molecule has 0 amide bonds. The summed E-state index contributed by atoms with van der Waals surface area (Å²) in [4.78, 5) is 0. The van der Waals surface area contributed by atoms with Gasteiger partial charge in [0.05, 0.1) is 11.6 Å². The summed E-state index contributed by atoms with van der Waals surface area (Å²) in [6.45, 7) is 7.26. The predicted molar refractivity (Wildman–Crippen MR) is 65.8 cm³/mol. The SMILES string of the molecule is CCCCn1nc(C(C)C)c(CCl)c1Cl. The zero-order chi connectivity index (χ0) is 11.4. The van der Waals surface area contributed by atoms with Crippen LogP contribution in [0, 0.1) is 0 Å². The van der Waals surface area contributed by atoms with Gasteiger partial charge < -0.3 is 0 Å². The van der Waals surface area contributed by atoms with E-state index in [2.05, 4.69) is 25.9 Å². The predicted octanol–water partition coefficient (Wildman–Crippen LogP) is 4.20. The number of alkyl halides is 1. The lowest BCUT2D eigenvalue weighted by atomic mass is 10.1. The van der Waals surface area contributed by atoms with E-state index in [0.29, 0.717) is 17.0 Å². The Morgan fingerprint density at radius 1 is 1.40 bits per heavy atom. The van der Waals surface area contributed by atoms with E-state index in [-0.39, 0.29) is 0 Å². The Morgan fingerprint density at radius 2 is 2.07 bits per heavy atom. The molecule has 15 heavy (non-hydrogen) atoms. The van der Waals surface area contributed by atoms with Gasteiger partial charge in [0.2, 0.25) is 0 Å². The zero-order valence-electron chi connectivity index (χ0n) is 9.56. The van der Waals surface area contributed by atoms with Gasteiger partial charge in [-0.15, -0.1) is 11.6 Å². The minimum Gasteiger partial charge on any atom is -0.253 e. The molecule has 1 rings (SSSR count). The molecule has 0 N–H and O–H groups in total. The number of unbranched alkanes of at least 4 members (excludes halogenated alkanes) is 1. The molecule has 1 aromatic heterocycles. The van der Waals surface area contributed by atoms with Gasteiger partial charge >= 0.3 is 0 Å². The normalized spacial score (nSPS) is 11.3. The molecular weight excluding hydrogens is 231 g/mol. The maximum absolute atomic E-state index is 6.23. The van der Waals surface area contributed by atoms with Crippen LogP contribution in [0.2, 0.25) is 5.15 Å². The van der Waals surface area contributed by atoms with Crippen LogP contribution in [0.25, 0.3) is 0 Å². The molecule has 0 bridgehead atoms. The van der Waals surface area contributed by atoms with E-state index < -0.39 is 0 Å². The van der Waals surface area contributed by atoms with Crippen molar-refractivity contribution in [3.63, 3.8) is 0 Å². The molecule has 1 aromatic rings. The van der Waals surface area contributed by atoms with Gasteiger partial charge in [-0.05, 0) is 12.3 Å². The second-order valence-electron chi connectivity index (χ2n) is 4.02. The van der Waals surface area contributed by atoms with Gasteiger partial charge in [-0.3, -0.25) is 4.68 Å². The maximum atomic E-state index is 6.23. The average Bonchev–Trinajstić information content (AvgIpc) is 2.52. The molecule has 0 fully saturated rings. The van der Waals surface area contributed by atoms with Gasteiger partial charge in [-0.25, -0.2) is 0 Å². The van der Waals surface area contributed by atoms with Crippen molar-refractivity contribution in [1.29, 1.82) is 0 Å². The van der Waals surface area contributed by atoms with Gasteiger partial charge in [0.15, 0.2) is 0 Å². The van der Waals surface area contributed by atoms with Crippen molar-refractivity contribution in [2.75, 3.05) is 0 Å². The first-order valence-electron chi connectivity index (χ1n) is 5.42. The lowest BCUT2D eigenvalue weighted by Gasteiger charge is -2.01. The Kier molecular flexibility index (Phi) is 4.94. The highest BCUT2D eigenvalue weighted by atomic mass is 35.5. The van der Waals surface area contributed by atoms with Crippen molar-refractivity contribution < 1.29 is 0 Å². The van der Waals surface area contributed by atoms with Crippen LogP contribution in [-0.2, 0) is 12.4 Å². The Balaban J connectivity index is 2.98. The summed E-state index contributed by atoms with van der Waals surface area (Å²) in [5, 5.41) is 5.23. The molecular formula is C11H18Cl2N2. The fraction of sp³-hybridized carbons (Fsp3) is 0.727. The zero-order valence-corrected chi connectivity index (χ0v) is 11.1. The van der Waals surface area contributed by atoms with Crippen molar-refractivity contribution >= 4 is 23.2 Å². The molecule has 0 aromatic carbocycles. The number of nitrogens with zero attached hydrogens (tertiary/aromatic N) is 2. The quantitative estimate of drug-likeness (QED) is 0.715. The summed E-state index contributed by atoms with van der Waals surface area (Å²) >= 11 is 12.1. The van der Waals surface area contributed by atoms with E-state index in [1.807, 2.05) is 4.68 Å². The Hall–Kier alpha value is -0.210. The van der Waals surface area contributed by atoms with Crippen LogP contribution in [0.1, 0.15) is 50.8 Å². The molecule has 0 saturated carbocycles. The molecule has 0 aliphatic rings. The third-order valence-electron chi connectivity index (χ3n) is 2.42. The van der Waals surface area contributed by atoms with E-state index in [9.17, 15) is 0 Å². The van der Waals surface area contributed by atoms with Crippen LogP contribution in [-0.4, -0.2) is 9.78 Å². The van der Waals surface area contributed by atoms with E-state index in [4.69, 9.17) is 23.2 Å². The highest BCUT2D eigenvalue weighted by Crippen LogP contribution is 2.27. The first kappa shape index (κ1) is 12.9. The molecule has 0 saturated heterocycles. The summed E-state index contributed by atoms with van der Waals surface area (Å²) in [5.41, 5.74) is 2.02. The molecule has 1 heterocycles. The summed E-state index contributed by atoms with van der Waals surface area (Å²) in [6, 6.07) is 0. The van der Waals surface area contributed by atoms with Crippen LogP contribution >= 0.6 is 23.2 Å². The van der Waals surface area contributed by atoms with E-state index in [0.717, 1.165) is 30.6 Å². The molecule has 0 aliphatic heterocycles. The van der Waals surface area contributed by atoms with Crippen molar-refractivity contribution in [1.82, 2.24) is 9.78 Å². The monoisotopic (exact) mass is 248 g/mol. The lowest BCUT2D eigenvalue weighted by molar-refractivity contribution is 0.561. The molecule has 0 unspecified atom stereocenters. The van der Waals surface area contributed by atoms with Gasteiger partial charge in [0, 0.05) is 12.1 Å². The van der Waals surface area contributed by atoms with Gasteiger partial charge in [0.1, 0.15) is 5.15 Å². The number of hydrogen-bond acceptors (Lipinski definition) is 1. The summed E-state index contributed by atoms with van der Waals surface area (Å²) < 4.78 is 1.87. The third-order valence-corrected chi connectivity index (χ3v) is 3.11.